The minimum atomic E-state index is -0.312. The number of amides is 1. The number of carbonyl (C=O) groups is 1. The molecule has 0 atom stereocenters. The van der Waals surface area contributed by atoms with Crippen LogP contribution < -0.4 is 4.90 Å². The van der Waals surface area contributed by atoms with Crippen molar-refractivity contribution in [1.29, 1.82) is 0 Å². The molecule has 1 amide bonds. The van der Waals surface area contributed by atoms with Gasteiger partial charge in [-0.15, -0.1) is 0 Å². The average Bonchev–Trinajstić information content (AvgIpc) is 2.03. The zero-order chi connectivity index (χ0) is 9.14. The number of pyridine rings is 1. The molecule has 0 saturated heterocycles. The van der Waals surface area contributed by atoms with E-state index in [1.807, 2.05) is 19.1 Å². The maximum Gasteiger partial charge on any atom is 0.283 e. The van der Waals surface area contributed by atoms with E-state index in [9.17, 15) is 4.79 Å². The number of nitrogens with zero attached hydrogens (tertiary/aromatic N) is 2. The highest BCUT2D eigenvalue weighted by Crippen LogP contribution is 2.11. The predicted molar refractivity (Wildman–Crippen MR) is 51.8 cm³/mol. The molecule has 4 heteroatoms. The van der Waals surface area contributed by atoms with Crippen LogP contribution in [0.25, 0.3) is 0 Å². The van der Waals surface area contributed by atoms with Gasteiger partial charge in [-0.05, 0) is 24.6 Å². The Morgan fingerprint density at radius 2 is 2.33 bits per heavy atom. The molecule has 0 aliphatic rings. The van der Waals surface area contributed by atoms with Crippen LogP contribution >= 0.6 is 12.6 Å². The van der Waals surface area contributed by atoms with Crippen LogP contribution in [0.4, 0.5) is 10.6 Å². The van der Waals surface area contributed by atoms with Gasteiger partial charge in [0.15, 0.2) is 0 Å². The highest BCUT2D eigenvalue weighted by atomic mass is 32.1. The van der Waals surface area contributed by atoms with Gasteiger partial charge in [0.25, 0.3) is 5.24 Å². The lowest BCUT2D eigenvalue weighted by Gasteiger charge is -2.12. The van der Waals surface area contributed by atoms with Crippen LogP contribution in [0.1, 0.15) is 5.56 Å². The molecule has 0 saturated carbocycles. The van der Waals surface area contributed by atoms with E-state index in [2.05, 4.69) is 17.6 Å². The molecule has 0 radical (unpaired) electrons. The van der Waals surface area contributed by atoms with Crippen molar-refractivity contribution < 1.29 is 4.79 Å². The first kappa shape index (κ1) is 9.06. The minimum Gasteiger partial charge on any atom is -0.291 e. The lowest BCUT2D eigenvalue weighted by molar-refractivity contribution is 0.266. The molecule has 1 aromatic heterocycles. The highest BCUT2D eigenvalue weighted by molar-refractivity contribution is 7.96. The highest BCUT2D eigenvalue weighted by Gasteiger charge is 2.06. The van der Waals surface area contributed by atoms with E-state index in [1.54, 1.807) is 13.2 Å². The van der Waals surface area contributed by atoms with Crippen LogP contribution in [0.15, 0.2) is 18.3 Å². The van der Waals surface area contributed by atoms with Crippen LogP contribution in [0.5, 0.6) is 0 Å². The fraction of sp³-hybridized carbons (Fsp3) is 0.250. The van der Waals surface area contributed by atoms with Gasteiger partial charge in [-0.1, -0.05) is 12.6 Å². The van der Waals surface area contributed by atoms with Crippen molar-refractivity contribution >= 4 is 23.7 Å². The molecule has 0 unspecified atom stereocenters. The number of aryl methyl sites for hydroxylation is 1. The summed E-state index contributed by atoms with van der Waals surface area (Å²) in [5.41, 5.74) is 1.07. The second-order valence-electron chi connectivity index (χ2n) is 2.53. The van der Waals surface area contributed by atoms with Gasteiger partial charge in [0, 0.05) is 13.2 Å². The molecule has 0 bridgehead atoms. The summed E-state index contributed by atoms with van der Waals surface area (Å²) in [5, 5.41) is -0.312. The molecule has 1 heterocycles. The van der Waals surface area contributed by atoms with Gasteiger partial charge in [-0.3, -0.25) is 9.69 Å². The van der Waals surface area contributed by atoms with E-state index in [4.69, 9.17) is 0 Å². The van der Waals surface area contributed by atoms with Gasteiger partial charge >= 0.3 is 0 Å². The minimum absolute atomic E-state index is 0.312. The van der Waals surface area contributed by atoms with Gasteiger partial charge in [-0.25, -0.2) is 4.98 Å². The molecular weight excluding hydrogens is 172 g/mol. The third-order valence-corrected chi connectivity index (χ3v) is 1.83. The maximum absolute atomic E-state index is 10.8. The van der Waals surface area contributed by atoms with Crippen molar-refractivity contribution in [1.82, 2.24) is 4.98 Å². The van der Waals surface area contributed by atoms with Crippen molar-refractivity contribution in [3.05, 3.63) is 23.9 Å². The van der Waals surface area contributed by atoms with Crippen LogP contribution in [0, 0.1) is 6.92 Å². The summed E-state index contributed by atoms with van der Waals surface area (Å²) in [6, 6.07) is 3.70. The van der Waals surface area contributed by atoms with Crippen molar-refractivity contribution in [2.24, 2.45) is 0 Å². The number of thiol groups is 1. The number of anilines is 1. The third kappa shape index (κ3) is 1.98. The summed E-state index contributed by atoms with van der Waals surface area (Å²) in [7, 11) is 1.64. The Balaban J connectivity index is 2.95. The van der Waals surface area contributed by atoms with E-state index in [-0.39, 0.29) is 5.24 Å². The molecule has 0 aromatic carbocycles. The summed E-state index contributed by atoms with van der Waals surface area (Å²) in [5.74, 6) is 0.620. The van der Waals surface area contributed by atoms with Crippen LogP contribution in [-0.2, 0) is 0 Å². The lowest BCUT2D eigenvalue weighted by Crippen LogP contribution is -2.20. The van der Waals surface area contributed by atoms with Gasteiger partial charge < -0.3 is 0 Å². The molecule has 0 fully saturated rings. The SMILES string of the molecule is Cc1ccnc(N(C)C(=O)S)c1. The van der Waals surface area contributed by atoms with E-state index < -0.39 is 0 Å². The Morgan fingerprint density at radius 1 is 1.67 bits per heavy atom. The van der Waals surface area contributed by atoms with E-state index >= 15 is 0 Å². The Morgan fingerprint density at radius 3 is 2.83 bits per heavy atom. The topological polar surface area (TPSA) is 33.2 Å². The maximum atomic E-state index is 10.8. The van der Waals surface area contributed by atoms with Crippen LogP contribution in [-0.4, -0.2) is 17.3 Å². The zero-order valence-corrected chi connectivity index (χ0v) is 7.88. The van der Waals surface area contributed by atoms with Crippen molar-refractivity contribution in [2.45, 2.75) is 6.92 Å². The van der Waals surface area contributed by atoms with Gasteiger partial charge in [0.1, 0.15) is 5.82 Å². The third-order valence-electron chi connectivity index (χ3n) is 1.53. The number of carbonyl (C=O) groups excluding carboxylic acids is 1. The lowest BCUT2D eigenvalue weighted by atomic mass is 10.3. The van der Waals surface area contributed by atoms with Crippen molar-refractivity contribution in [3.8, 4) is 0 Å². The van der Waals surface area contributed by atoms with Crippen molar-refractivity contribution in [3.63, 3.8) is 0 Å². The van der Waals surface area contributed by atoms with Gasteiger partial charge in [0.05, 0.1) is 0 Å². The second kappa shape index (κ2) is 3.58. The monoisotopic (exact) mass is 182 g/mol. The molecule has 0 aliphatic heterocycles. The number of aromatic nitrogens is 1. The summed E-state index contributed by atoms with van der Waals surface area (Å²) >= 11 is 3.69. The van der Waals surface area contributed by atoms with Gasteiger partial charge in [0.2, 0.25) is 0 Å². The largest absolute Gasteiger partial charge is 0.291 e. The fourth-order valence-corrected chi connectivity index (χ4v) is 0.904. The normalized spacial score (nSPS) is 9.58. The van der Waals surface area contributed by atoms with Crippen LogP contribution in [0.3, 0.4) is 0 Å². The number of hydrogen-bond donors (Lipinski definition) is 1. The molecule has 3 nitrogen and oxygen atoms in total. The molecular formula is C8H10N2OS. The van der Waals surface area contributed by atoms with E-state index in [0.29, 0.717) is 5.82 Å². The molecule has 1 rings (SSSR count). The molecule has 12 heavy (non-hydrogen) atoms. The molecule has 0 spiro atoms. The van der Waals surface area contributed by atoms with Crippen molar-refractivity contribution in [2.75, 3.05) is 11.9 Å². The molecule has 1 aromatic rings. The molecule has 64 valence electrons. The quantitative estimate of drug-likeness (QED) is 0.673. The van der Waals surface area contributed by atoms with E-state index in [1.165, 1.54) is 4.90 Å². The molecule has 0 aliphatic carbocycles. The second-order valence-corrected chi connectivity index (χ2v) is 2.92. The number of hydrogen-bond acceptors (Lipinski definition) is 2. The van der Waals surface area contributed by atoms with E-state index in [0.717, 1.165) is 5.56 Å². The summed E-state index contributed by atoms with van der Waals surface area (Å²) in [4.78, 5) is 16.2. The summed E-state index contributed by atoms with van der Waals surface area (Å²) in [6.45, 7) is 1.95. The smallest absolute Gasteiger partial charge is 0.283 e. The predicted octanol–water partition coefficient (Wildman–Crippen LogP) is 1.88. The van der Waals surface area contributed by atoms with Crippen LogP contribution in [0.2, 0.25) is 0 Å². The first-order valence-electron chi connectivity index (χ1n) is 3.50. The first-order chi connectivity index (χ1) is 5.61. The van der Waals surface area contributed by atoms with Gasteiger partial charge in [-0.2, -0.15) is 0 Å². The molecule has 0 N–H and O–H groups in total. The fourth-order valence-electron chi connectivity index (χ4n) is 0.802. The zero-order valence-electron chi connectivity index (χ0n) is 6.98. The Bertz CT molecular complexity index is 301. The summed E-state index contributed by atoms with van der Waals surface area (Å²) < 4.78 is 0. The Kier molecular flexibility index (Phi) is 2.70. The average molecular weight is 182 g/mol. The summed E-state index contributed by atoms with van der Waals surface area (Å²) in [6.07, 6.45) is 1.66. The standard InChI is InChI=1S/C8H10N2OS/c1-6-3-4-9-7(5-6)10(2)8(11)12/h3-5H,1-2H3,(H,11,12). The Labute approximate surface area is 76.8 Å². The first-order valence-corrected chi connectivity index (χ1v) is 3.95. The number of rotatable bonds is 1. The Hall–Kier alpha value is -1.03.